The van der Waals surface area contributed by atoms with Crippen LogP contribution in [0, 0.1) is 5.92 Å². The molecule has 116 valence electrons. The maximum absolute atomic E-state index is 12.9. The molecule has 21 heavy (non-hydrogen) atoms. The molecule has 0 saturated carbocycles. The lowest BCUT2D eigenvalue weighted by molar-refractivity contribution is -0.142. The van der Waals surface area contributed by atoms with Gasteiger partial charge in [-0.25, -0.2) is 0 Å². The Hall–Kier alpha value is -1.57. The van der Waals surface area contributed by atoms with Gasteiger partial charge in [0, 0.05) is 30.3 Å². The van der Waals surface area contributed by atoms with Crippen molar-refractivity contribution in [1.29, 1.82) is 0 Å². The molecule has 0 aromatic carbocycles. The quantitative estimate of drug-likeness (QED) is 0.817. The minimum Gasteiger partial charge on any atom is -0.391 e. The van der Waals surface area contributed by atoms with Gasteiger partial charge in [-0.05, 0) is 25.7 Å². The zero-order chi connectivity index (χ0) is 15.2. The van der Waals surface area contributed by atoms with Gasteiger partial charge in [0.2, 0.25) is 5.91 Å². The molecule has 0 bridgehead atoms. The van der Waals surface area contributed by atoms with Gasteiger partial charge in [-0.3, -0.25) is 9.89 Å². The number of amides is 1. The first-order valence-corrected chi connectivity index (χ1v) is 6.96. The molecule has 2 aliphatic rings. The molecule has 1 amide bonds. The molecule has 5 nitrogen and oxygen atoms in total. The molecule has 1 aromatic rings. The van der Waals surface area contributed by atoms with Crippen LogP contribution in [0.3, 0.4) is 0 Å². The Morgan fingerprint density at radius 3 is 2.76 bits per heavy atom. The Bertz CT molecular complexity index is 555. The molecule has 1 unspecified atom stereocenters. The fourth-order valence-corrected chi connectivity index (χ4v) is 3.14. The number of carbonyl (C=O) groups is 1. The van der Waals surface area contributed by atoms with Crippen LogP contribution in [-0.2, 0) is 23.8 Å². The maximum atomic E-state index is 12.9. The highest BCUT2D eigenvalue weighted by Crippen LogP contribution is 2.36. The van der Waals surface area contributed by atoms with Crippen molar-refractivity contribution in [3.63, 3.8) is 0 Å². The number of aromatic amines is 1. The lowest BCUT2D eigenvalue weighted by Gasteiger charge is -2.26. The van der Waals surface area contributed by atoms with E-state index in [0.717, 1.165) is 0 Å². The predicted octanol–water partition coefficient (Wildman–Crippen LogP) is 1.13. The molecule has 0 spiro atoms. The lowest BCUT2D eigenvalue weighted by Crippen LogP contribution is -2.37. The van der Waals surface area contributed by atoms with Crippen molar-refractivity contribution in [1.82, 2.24) is 15.1 Å². The van der Waals surface area contributed by atoms with E-state index in [1.807, 2.05) is 0 Å². The Labute approximate surface area is 119 Å². The smallest absolute Gasteiger partial charge is 0.391 e. The second-order valence-electron chi connectivity index (χ2n) is 5.69. The minimum atomic E-state index is -4.50. The number of alkyl halides is 3. The number of H-pyrrole nitrogens is 1. The fraction of sp³-hybridized carbons (Fsp3) is 0.692. The molecular formula is C13H16F3N3O2. The average molecular weight is 303 g/mol. The van der Waals surface area contributed by atoms with Gasteiger partial charge in [0.1, 0.15) is 0 Å². The number of carbonyl (C=O) groups excluding carboxylic acids is 1. The van der Waals surface area contributed by atoms with Crippen molar-refractivity contribution in [2.24, 2.45) is 5.92 Å². The first kappa shape index (κ1) is 14.4. The van der Waals surface area contributed by atoms with Gasteiger partial charge in [0.05, 0.1) is 6.10 Å². The molecule has 1 saturated heterocycles. The summed E-state index contributed by atoms with van der Waals surface area (Å²) in [6, 6.07) is 0. The molecule has 2 N–H and O–H groups in total. The normalized spacial score (nSPS) is 26.0. The zero-order valence-corrected chi connectivity index (χ0v) is 11.3. The summed E-state index contributed by atoms with van der Waals surface area (Å²) in [5, 5.41) is 15.3. The first-order valence-electron chi connectivity index (χ1n) is 6.96. The summed E-state index contributed by atoms with van der Waals surface area (Å²) < 4.78 is 38.6. The number of aromatic nitrogens is 2. The third kappa shape index (κ3) is 2.64. The SMILES string of the molecule is O=C(C1CCc2[nH]nc(C(F)(F)F)c2C1)N1CC[C@H](O)C1. The average Bonchev–Trinajstić information content (AvgIpc) is 3.02. The fourth-order valence-electron chi connectivity index (χ4n) is 3.14. The molecule has 0 radical (unpaired) electrons. The van der Waals surface area contributed by atoms with Crippen molar-refractivity contribution in [2.75, 3.05) is 13.1 Å². The molecule has 1 fully saturated rings. The van der Waals surface area contributed by atoms with Crippen LogP contribution in [0.15, 0.2) is 0 Å². The number of nitrogens with one attached hydrogen (secondary N) is 1. The van der Waals surface area contributed by atoms with E-state index in [4.69, 9.17) is 0 Å². The highest BCUT2D eigenvalue weighted by molar-refractivity contribution is 5.80. The van der Waals surface area contributed by atoms with Gasteiger partial charge in [-0.2, -0.15) is 18.3 Å². The van der Waals surface area contributed by atoms with Gasteiger partial charge in [0.15, 0.2) is 5.69 Å². The number of hydrogen-bond acceptors (Lipinski definition) is 3. The van der Waals surface area contributed by atoms with Crippen LogP contribution in [0.1, 0.15) is 29.8 Å². The maximum Gasteiger partial charge on any atom is 0.435 e. The lowest BCUT2D eigenvalue weighted by atomic mass is 9.85. The van der Waals surface area contributed by atoms with E-state index in [1.165, 1.54) is 0 Å². The van der Waals surface area contributed by atoms with Crippen molar-refractivity contribution in [3.8, 4) is 0 Å². The van der Waals surface area contributed by atoms with Gasteiger partial charge in [-0.15, -0.1) is 0 Å². The molecule has 1 aromatic heterocycles. The van der Waals surface area contributed by atoms with Crippen molar-refractivity contribution in [3.05, 3.63) is 17.0 Å². The van der Waals surface area contributed by atoms with Crippen molar-refractivity contribution < 1.29 is 23.1 Å². The Balaban J connectivity index is 1.78. The summed E-state index contributed by atoms with van der Waals surface area (Å²) in [7, 11) is 0. The van der Waals surface area contributed by atoms with Gasteiger partial charge in [0.25, 0.3) is 0 Å². The molecular weight excluding hydrogens is 287 g/mol. The van der Waals surface area contributed by atoms with Crippen LogP contribution in [-0.4, -0.2) is 45.3 Å². The van der Waals surface area contributed by atoms with Crippen LogP contribution in [0.4, 0.5) is 13.2 Å². The van der Waals surface area contributed by atoms with E-state index in [1.54, 1.807) is 4.90 Å². The standard InChI is InChI=1S/C13H16F3N3O2/c14-13(15,16)11-9-5-7(1-2-10(9)17-18-11)12(21)19-4-3-8(20)6-19/h7-8,20H,1-6H2,(H,17,18)/t7?,8-/m0/s1. The van der Waals surface area contributed by atoms with Gasteiger partial charge >= 0.3 is 6.18 Å². The Kier molecular flexibility index (Phi) is 3.43. The van der Waals surface area contributed by atoms with Gasteiger partial charge in [-0.1, -0.05) is 0 Å². The van der Waals surface area contributed by atoms with E-state index in [9.17, 15) is 23.1 Å². The summed E-state index contributed by atoms with van der Waals surface area (Å²) in [5.74, 6) is -0.618. The second-order valence-corrected chi connectivity index (χ2v) is 5.69. The Morgan fingerprint density at radius 2 is 2.14 bits per heavy atom. The zero-order valence-electron chi connectivity index (χ0n) is 11.3. The van der Waals surface area contributed by atoms with Crippen LogP contribution in [0.5, 0.6) is 0 Å². The summed E-state index contributed by atoms with van der Waals surface area (Å²) in [5.41, 5.74) is -0.309. The van der Waals surface area contributed by atoms with E-state index < -0.39 is 23.9 Å². The van der Waals surface area contributed by atoms with Crippen LogP contribution >= 0.6 is 0 Å². The highest BCUT2D eigenvalue weighted by atomic mass is 19.4. The number of rotatable bonds is 1. The third-order valence-electron chi connectivity index (χ3n) is 4.24. The number of halogens is 3. The molecule has 1 aliphatic carbocycles. The minimum absolute atomic E-state index is 0.0616. The molecule has 2 atom stereocenters. The Morgan fingerprint density at radius 1 is 1.38 bits per heavy atom. The number of hydrogen-bond donors (Lipinski definition) is 2. The number of β-amino-alcohol motifs (C(OH)–C–C–N with tert-alkyl or cyclic N) is 1. The predicted molar refractivity (Wildman–Crippen MR) is 66.3 cm³/mol. The number of fused-ring (bicyclic) bond motifs is 1. The number of likely N-dealkylation sites (tertiary alicyclic amines) is 1. The van der Waals surface area contributed by atoms with E-state index >= 15 is 0 Å². The monoisotopic (exact) mass is 303 g/mol. The largest absolute Gasteiger partial charge is 0.435 e. The topological polar surface area (TPSA) is 69.2 Å². The van der Waals surface area contributed by atoms with Crippen molar-refractivity contribution in [2.45, 2.75) is 38.0 Å². The molecule has 8 heteroatoms. The summed E-state index contributed by atoms with van der Waals surface area (Å²) in [6.07, 6.45) is -3.52. The number of aryl methyl sites for hydroxylation is 1. The number of aliphatic hydroxyl groups is 1. The first-order chi connectivity index (χ1) is 9.86. The summed E-state index contributed by atoms with van der Waals surface area (Å²) >= 11 is 0. The third-order valence-corrected chi connectivity index (χ3v) is 4.24. The summed E-state index contributed by atoms with van der Waals surface area (Å²) in [6.45, 7) is 0.751. The highest BCUT2D eigenvalue weighted by Gasteiger charge is 2.41. The second kappa shape index (κ2) is 5.01. The van der Waals surface area contributed by atoms with E-state index in [-0.39, 0.29) is 24.4 Å². The van der Waals surface area contributed by atoms with E-state index in [0.29, 0.717) is 31.5 Å². The van der Waals surface area contributed by atoms with E-state index in [2.05, 4.69) is 10.2 Å². The number of aliphatic hydroxyl groups excluding tert-OH is 1. The van der Waals surface area contributed by atoms with Crippen LogP contribution < -0.4 is 0 Å². The number of nitrogens with zero attached hydrogens (tertiary/aromatic N) is 2. The molecule has 2 heterocycles. The molecule has 3 rings (SSSR count). The van der Waals surface area contributed by atoms with Crippen LogP contribution in [0.2, 0.25) is 0 Å². The van der Waals surface area contributed by atoms with Crippen LogP contribution in [0.25, 0.3) is 0 Å². The van der Waals surface area contributed by atoms with Gasteiger partial charge < -0.3 is 10.0 Å². The van der Waals surface area contributed by atoms with Crippen molar-refractivity contribution >= 4 is 5.91 Å². The summed E-state index contributed by atoms with van der Waals surface area (Å²) in [4.78, 5) is 13.9. The molecule has 1 aliphatic heterocycles.